The number of ether oxygens (including phenoxy) is 4. The molecule has 4 amide bonds. The molecule has 3 aromatic heterocycles. The summed E-state index contributed by atoms with van der Waals surface area (Å²) in [6, 6.07) is 12.6. The van der Waals surface area contributed by atoms with Gasteiger partial charge in [0.2, 0.25) is 11.8 Å². The first-order valence-corrected chi connectivity index (χ1v) is 23.2. The van der Waals surface area contributed by atoms with E-state index >= 15 is 0 Å². The molecule has 4 aliphatic heterocycles. The molecule has 7 heterocycles. The quantitative estimate of drug-likeness (QED) is 0.0993. The first-order valence-electron chi connectivity index (χ1n) is 22.3. The van der Waals surface area contributed by atoms with Crippen molar-refractivity contribution in [3.63, 3.8) is 0 Å². The molecular formula is C46H56N8O8S. The molecule has 4 saturated heterocycles. The minimum Gasteiger partial charge on any atom is -0.444 e. The first kappa shape index (κ1) is 42.8. The third-order valence-electron chi connectivity index (χ3n) is 12.7. The van der Waals surface area contributed by atoms with Crippen LogP contribution in [0.2, 0.25) is 0 Å². The number of nitrogens with one attached hydrogen (secondary N) is 4. The molecule has 0 saturated carbocycles. The van der Waals surface area contributed by atoms with Gasteiger partial charge in [0.1, 0.15) is 35.9 Å². The molecule has 334 valence electrons. The highest BCUT2D eigenvalue weighted by Gasteiger charge is 2.40. The van der Waals surface area contributed by atoms with Crippen LogP contribution in [0, 0.1) is 11.8 Å². The van der Waals surface area contributed by atoms with E-state index in [1.165, 1.54) is 0 Å². The number of H-pyrrole nitrogens is 2. The van der Waals surface area contributed by atoms with Crippen molar-refractivity contribution < 1.29 is 38.1 Å². The molecule has 6 unspecified atom stereocenters. The van der Waals surface area contributed by atoms with Gasteiger partial charge in [-0.05, 0) is 84.4 Å². The van der Waals surface area contributed by atoms with Gasteiger partial charge in [0.05, 0.1) is 60.6 Å². The van der Waals surface area contributed by atoms with Crippen LogP contribution >= 0.6 is 11.3 Å². The van der Waals surface area contributed by atoms with E-state index < -0.39 is 24.3 Å². The summed E-state index contributed by atoms with van der Waals surface area (Å²) in [6.07, 6.45) is 2.68. The van der Waals surface area contributed by atoms with Crippen LogP contribution in [-0.2, 0) is 28.5 Å². The Morgan fingerprint density at radius 2 is 1.19 bits per heavy atom. The largest absolute Gasteiger partial charge is 0.444 e. The molecule has 0 aliphatic carbocycles. The second-order valence-corrected chi connectivity index (χ2v) is 18.7. The SMILES string of the molecule is CC(C)C(NC(=O)OC1CCOC1)C(=O)N1CCCC1c1nc2ccc(-c3ccsc3-c3ccc4nc(C5CCCN5C(=O)C(NC(=O)OC5CCOC5)C(C)C)[nH]c4c3)cc2[nH]1. The lowest BCUT2D eigenvalue weighted by molar-refractivity contribution is -0.136. The predicted octanol–water partition coefficient (Wildman–Crippen LogP) is 7.24. The van der Waals surface area contributed by atoms with Gasteiger partial charge in [-0.2, -0.15) is 0 Å². The number of hydrogen-bond acceptors (Lipinski definition) is 11. The van der Waals surface area contributed by atoms with Crippen molar-refractivity contribution in [2.24, 2.45) is 11.8 Å². The van der Waals surface area contributed by atoms with Gasteiger partial charge in [-0.1, -0.05) is 39.8 Å². The highest BCUT2D eigenvalue weighted by Crippen LogP contribution is 2.40. The molecule has 9 rings (SSSR count). The van der Waals surface area contributed by atoms with Crippen molar-refractivity contribution in [3.05, 3.63) is 59.5 Å². The number of aromatic amines is 2. The van der Waals surface area contributed by atoms with Gasteiger partial charge in [-0.15, -0.1) is 11.3 Å². The second-order valence-electron chi connectivity index (χ2n) is 17.8. The van der Waals surface area contributed by atoms with Gasteiger partial charge in [-0.25, -0.2) is 19.6 Å². The third-order valence-corrected chi connectivity index (χ3v) is 13.6. The minimum absolute atomic E-state index is 0.142. The number of nitrogens with zero attached hydrogens (tertiary/aromatic N) is 4. The molecular weight excluding hydrogens is 825 g/mol. The highest BCUT2D eigenvalue weighted by molar-refractivity contribution is 7.14. The molecule has 4 fully saturated rings. The summed E-state index contributed by atoms with van der Waals surface area (Å²) in [5, 5.41) is 7.76. The summed E-state index contributed by atoms with van der Waals surface area (Å²) in [7, 11) is 0. The van der Waals surface area contributed by atoms with E-state index in [4.69, 9.17) is 28.9 Å². The molecule has 16 nitrogen and oxygen atoms in total. The van der Waals surface area contributed by atoms with Crippen LogP contribution in [0.15, 0.2) is 47.8 Å². The first-order chi connectivity index (χ1) is 30.5. The number of carbonyl (C=O) groups is 4. The Labute approximate surface area is 369 Å². The minimum atomic E-state index is -0.733. The number of hydrogen-bond donors (Lipinski definition) is 4. The number of fused-ring (bicyclic) bond motifs is 2. The molecule has 63 heavy (non-hydrogen) atoms. The Balaban J connectivity index is 0.901. The van der Waals surface area contributed by atoms with Crippen LogP contribution in [0.3, 0.4) is 0 Å². The maximum absolute atomic E-state index is 14.0. The van der Waals surface area contributed by atoms with E-state index in [-0.39, 0.29) is 47.9 Å². The molecule has 17 heteroatoms. The average Bonchev–Trinajstić information content (AvgIpc) is 4.11. The summed E-state index contributed by atoms with van der Waals surface area (Å²) in [5.74, 6) is 0.877. The van der Waals surface area contributed by atoms with Crippen LogP contribution in [0.25, 0.3) is 43.6 Å². The smallest absolute Gasteiger partial charge is 0.408 e. The number of likely N-dealkylation sites (tertiary alicyclic amines) is 2. The van der Waals surface area contributed by atoms with Crippen molar-refractivity contribution in [1.82, 2.24) is 40.4 Å². The zero-order chi connectivity index (χ0) is 43.8. The van der Waals surface area contributed by atoms with Crippen molar-refractivity contribution in [2.75, 3.05) is 39.5 Å². The van der Waals surface area contributed by atoms with Gasteiger partial charge in [0.15, 0.2) is 0 Å². The zero-order valence-corrected chi connectivity index (χ0v) is 37.0. The van der Waals surface area contributed by atoms with Gasteiger partial charge in [0, 0.05) is 36.4 Å². The van der Waals surface area contributed by atoms with Gasteiger partial charge >= 0.3 is 12.2 Å². The Bertz CT molecular complexity index is 2300. The summed E-state index contributed by atoms with van der Waals surface area (Å²) in [5.41, 5.74) is 6.52. The fourth-order valence-electron chi connectivity index (χ4n) is 9.29. The maximum Gasteiger partial charge on any atom is 0.408 e. The lowest BCUT2D eigenvalue weighted by Crippen LogP contribution is -2.51. The molecule has 6 atom stereocenters. The number of amides is 4. The second kappa shape index (κ2) is 18.3. The predicted molar refractivity (Wildman–Crippen MR) is 237 cm³/mol. The number of aromatic nitrogens is 4. The Morgan fingerprint density at radius 1 is 0.698 bits per heavy atom. The van der Waals surface area contributed by atoms with E-state index in [9.17, 15) is 19.2 Å². The van der Waals surface area contributed by atoms with E-state index in [1.54, 1.807) is 11.3 Å². The van der Waals surface area contributed by atoms with Crippen molar-refractivity contribution in [2.45, 2.75) is 103 Å². The fourth-order valence-corrected chi connectivity index (χ4v) is 10.2. The average molecular weight is 881 g/mol. The van der Waals surface area contributed by atoms with Gasteiger partial charge in [0.25, 0.3) is 0 Å². The Kier molecular flexibility index (Phi) is 12.4. The number of rotatable bonds is 12. The number of alkyl carbamates (subject to hydrolysis) is 2. The van der Waals surface area contributed by atoms with E-state index in [0.29, 0.717) is 52.4 Å². The Hall–Kier alpha value is -5.52. The van der Waals surface area contributed by atoms with E-state index in [2.05, 4.69) is 56.3 Å². The summed E-state index contributed by atoms with van der Waals surface area (Å²) < 4.78 is 21.7. The van der Waals surface area contributed by atoms with Crippen LogP contribution in [0.4, 0.5) is 9.59 Å². The van der Waals surface area contributed by atoms with Crippen molar-refractivity contribution in [3.8, 4) is 21.6 Å². The molecule has 0 bridgehead atoms. The normalized spacial score (nSPS) is 22.4. The van der Waals surface area contributed by atoms with E-state index in [1.807, 2.05) is 49.6 Å². The number of imidazole rings is 2. The van der Waals surface area contributed by atoms with Crippen LogP contribution in [0.1, 0.15) is 90.0 Å². The molecule has 2 aromatic carbocycles. The topological polar surface area (TPSA) is 193 Å². The Morgan fingerprint density at radius 3 is 1.67 bits per heavy atom. The lowest BCUT2D eigenvalue weighted by Gasteiger charge is -2.30. The number of carbonyl (C=O) groups excluding carboxylic acids is 4. The molecule has 0 spiro atoms. The third kappa shape index (κ3) is 9.00. The van der Waals surface area contributed by atoms with Crippen LogP contribution in [-0.4, -0.2) is 118 Å². The van der Waals surface area contributed by atoms with E-state index in [0.717, 1.165) is 81.0 Å². The molecule has 4 N–H and O–H groups in total. The highest BCUT2D eigenvalue weighted by atomic mass is 32.1. The fraction of sp³-hybridized carbons (Fsp3) is 0.522. The van der Waals surface area contributed by atoms with Crippen LogP contribution in [0.5, 0.6) is 0 Å². The van der Waals surface area contributed by atoms with Crippen molar-refractivity contribution in [1.29, 1.82) is 0 Å². The summed E-state index contributed by atoms with van der Waals surface area (Å²) >= 11 is 1.66. The molecule has 4 aliphatic rings. The standard InChI is InChI=1S/C46H56N8O8S/c1-25(2)38(51-45(57)61-29-13-18-59-23-29)43(55)53-16-5-7-36(53)41-47-32-11-9-27(21-34(32)49-41)31-15-20-63-40(31)28-10-12-33-35(22-28)50-42(48-33)37-8-6-17-54(37)44(56)39(26(3)4)52-46(58)62-30-14-19-60-24-30/h9-12,15,20-22,25-26,29-30,36-39H,5-8,13-14,16-19,23-24H2,1-4H3,(H,47,49)(H,48,50)(H,51,57)(H,52,58). The van der Waals surface area contributed by atoms with Gasteiger partial charge in [-0.3, -0.25) is 9.59 Å². The zero-order valence-electron chi connectivity index (χ0n) is 36.2. The number of thiophene rings is 1. The molecule has 5 aromatic rings. The van der Waals surface area contributed by atoms with Gasteiger partial charge < -0.3 is 49.3 Å². The number of benzene rings is 2. The molecule has 0 radical (unpaired) electrons. The summed E-state index contributed by atoms with van der Waals surface area (Å²) in [6.45, 7) is 10.7. The monoisotopic (exact) mass is 880 g/mol. The lowest BCUT2D eigenvalue weighted by atomic mass is 10.0. The summed E-state index contributed by atoms with van der Waals surface area (Å²) in [4.78, 5) is 75.3. The van der Waals surface area contributed by atoms with Crippen molar-refractivity contribution >= 4 is 57.4 Å². The van der Waals surface area contributed by atoms with Crippen LogP contribution < -0.4 is 10.6 Å². The maximum atomic E-state index is 14.0.